The summed E-state index contributed by atoms with van der Waals surface area (Å²) in [6.07, 6.45) is -1.26. The molecule has 0 saturated heterocycles. The van der Waals surface area contributed by atoms with Crippen LogP contribution in [0.25, 0.3) is 0 Å². The highest BCUT2D eigenvalue weighted by Gasteiger charge is 2.19. The van der Waals surface area contributed by atoms with Crippen LogP contribution >= 0.6 is 27.5 Å². The van der Waals surface area contributed by atoms with E-state index in [-0.39, 0.29) is 20.6 Å². The number of halogens is 4. The second-order valence-electron chi connectivity index (χ2n) is 3.71. The summed E-state index contributed by atoms with van der Waals surface area (Å²) < 4.78 is 27.1. The molecule has 0 saturated carbocycles. The molecule has 0 aromatic heterocycles. The monoisotopic (exact) mass is 332 g/mol. The van der Waals surface area contributed by atoms with Crippen LogP contribution < -0.4 is 0 Å². The molecule has 2 rings (SSSR count). The summed E-state index contributed by atoms with van der Waals surface area (Å²) in [5, 5.41) is 10.3. The maximum Gasteiger partial charge on any atom is 0.137 e. The van der Waals surface area contributed by atoms with E-state index in [0.717, 1.165) is 6.07 Å². The van der Waals surface area contributed by atoms with E-state index in [4.69, 9.17) is 11.6 Å². The molecule has 2 aromatic rings. The van der Waals surface area contributed by atoms with Crippen LogP contribution in [0.3, 0.4) is 0 Å². The van der Waals surface area contributed by atoms with Crippen LogP contribution in [-0.4, -0.2) is 5.11 Å². The highest BCUT2D eigenvalue weighted by atomic mass is 79.9. The molecule has 1 nitrogen and oxygen atoms in total. The van der Waals surface area contributed by atoms with Crippen LogP contribution in [0, 0.1) is 11.6 Å². The van der Waals surface area contributed by atoms with Gasteiger partial charge in [-0.05, 0) is 34.1 Å². The average molecular weight is 334 g/mol. The van der Waals surface area contributed by atoms with Crippen LogP contribution in [0.15, 0.2) is 40.9 Å². The van der Waals surface area contributed by atoms with Crippen LogP contribution in [0.2, 0.25) is 5.02 Å². The number of benzene rings is 2. The number of rotatable bonds is 2. The van der Waals surface area contributed by atoms with E-state index in [1.165, 1.54) is 30.3 Å². The first-order valence-electron chi connectivity index (χ1n) is 5.07. The molecule has 0 aliphatic carbocycles. The predicted octanol–water partition coefficient (Wildman–Crippen LogP) is 4.46. The second-order valence-corrected chi connectivity index (χ2v) is 4.94. The first-order chi connectivity index (χ1) is 8.50. The minimum atomic E-state index is -1.26. The van der Waals surface area contributed by atoms with Gasteiger partial charge in [0.25, 0.3) is 0 Å². The highest BCUT2D eigenvalue weighted by molar-refractivity contribution is 9.10. The number of hydrogen-bond donors (Lipinski definition) is 1. The van der Waals surface area contributed by atoms with Crippen molar-refractivity contribution in [2.24, 2.45) is 0 Å². The van der Waals surface area contributed by atoms with E-state index in [1.807, 2.05) is 0 Å². The van der Waals surface area contributed by atoms with Gasteiger partial charge in [-0.1, -0.05) is 29.8 Å². The molecule has 5 heteroatoms. The third-order valence-electron chi connectivity index (χ3n) is 2.53. The van der Waals surface area contributed by atoms with Gasteiger partial charge >= 0.3 is 0 Å². The smallest absolute Gasteiger partial charge is 0.137 e. The molecule has 0 heterocycles. The maximum absolute atomic E-state index is 13.7. The molecule has 0 radical (unpaired) electrons. The van der Waals surface area contributed by atoms with Crippen LogP contribution in [0.5, 0.6) is 0 Å². The zero-order valence-corrected chi connectivity index (χ0v) is 11.3. The number of hydrogen-bond acceptors (Lipinski definition) is 1. The first kappa shape index (κ1) is 13.5. The Morgan fingerprint density at radius 1 is 1.06 bits per heavy atom. The highest BCUT2D eigenvalue weighted by Crippen LogP contribution is 2.32. The predicted molar refractivity (Wildman–Crippen MR) is 69.6 cm³/mol. The molecule has 1 unspecified atom stereocenters. The van der Waals surface area contributed by atoms with Gasteiger partial charge in [0, 0.05) is 16.1 Å². The fourth-order valence-corrected chi connectivity index (χ4v) is 2.26. The van der Waals surface area contributed by atoms with E-state index in [0.29, 0.717) is 0 Å². The average Bonchev–Trinajstić information content (AvgIpc) is 2.32. The molecule has 0 spiro atoms. The van der Waals surface area contributed by atoms with Crippen molar-refractivity contribution >= 4 is 27.5 Å². The first-order valence-corrected chi connectivity index (χ1v) is 6.24. The molecule has 0 amide bonds. The van der Waals surface area contributed by atoms with Gasteiger partial charge in [0.1, 0.15) is 17.7 Å². The lowest BCUT2D eigenvalue weighted by Crippen LogP contribution is -2.04. The second kappa shape index (κ2) is 5.34. The third-order valence-corrected chi connectivity index (χ3v) is 3.60. The van der Waals surface area contributed by atoms with E-state index >= 15 is 0 Å². The van der Waals surface area contributed by atoms with Gasteiger partial charge in [-0.25, -0.2) is 8.78 Å². The van der Waals surface area contributed by atoms with E-state index in [1.54, 1.807) is 0 Å². The van der Waals surface area contributed by atoms with Gasteiger partial charge in [0.2, 0.25) is 0 Å². The van der Waals surface area contributed by atoms with Gasteiger partial charge in [0.15, 0.2) is 0 Å². The lowest BCUT2D eigenvalue weighted by atomic mass is 10.0. The van der Waals surface area contributed by atoms with Crippen LogP contribution in [0.1, 0.15) is 17.2 Å². The minimum absolute atomic E-state index is 0.0469. The molecule has 0 fully saturated rings. The van der Waals surface area contributed by atoms with E-state index in [9.17, 15) is 13.9 Å². The minimum Gasteiger partial charge on any atom is -0.384 e. The normalized spacial score (nSPS) is 12.5. The topological polar surface area (TPSA) is 20.2 Å². The molecule has 0 aliphatic rings. The summed E-state index contributed by atoms with van der Waals surface area (Å²) in [6.45, 7) is 0. The Hall–Kier alpha value is -0.970. The van der Waals surface area contributed by atoms with Crippen molar-refractivity contribution in [3.05, 3.63) is 68.7 Å². The molecular formula is C13H8BrClF2O. The van der Waals surface area contributed by atoms with Crippen LogP contribution in [0.4, 0.5) is 8.78 Å². The Labute approximate surface area is 116 Å². The number of aliphatic hydroxyl groups excluding tert-OH is 1. The van der Waals surface area contributed by atoms with Gasteiger partial charge in [-0.3, -0.25) is 0 Å². The summed E-state index contributed by atoms with van der Waals surface area (Å²) in [5.41, 5.74) is 0.307. The molecular weight excluding hydrogens is 325 g/mol. The molecule has 1 N–H and O–H groups in total. The fourth-order valence-electron chi connectivity index (χ4n) is 1.62. The summed E-state index contributed by atoms with van der Waals surface area (Å²) in [5.74, 6) is -1.15. The Kier molecular flexibility index (Phi) is 4.00. The third kappa shape index (κ3) is 2.55. The Balaban J connectivity index is 2.48. The van der Waals surface area contributed by atoms with Crippen molar-refractivity contribution in [3.8, 4) is 0 Å². The van der Waals surface area contributed by atoms with Gasteiger partial charge < -0.3 is 5.11 Å². The van der Waals surface area contributed by atoms with E-state index < -0.39 is 17.7 Å². The van der Waals surface area contributed by atoms with Gasteiger partial charge in [-0.2, -0.15) is 0 Å². The van der Waals surface area contributed by atoms with Crippen molar-refractivity contribution in [2.45, 2.75) is 6.10 Å². The summed E-state index contributed by atoms with van der Waals surface area (Å²) >= 11 is 8.67. The van der Waals surface area contributed by atoms with Crippen molar-refractivity contribution in [1.82, 2.24) is 0 Å². The molecule has 0 aliphatic heterocycles. The molecule has 1 atom stereocenters. The molecule has 94 valence electrons. The van der Waals surface area contributed by atoms with E-state index in [2.05, 4.69) is 15.9 Å². The Morgan fingerprint density at radius 2 is 1.78 bits per heavy atom. The standard InChI is InChI=1S/C13H8BrClF2O/c14-12-9(2-1-3-10(12)16)13(18)8-5-4-7(15)6-11(8)17/h1-6,13,18H. The van der Waals surface area contributed by atoms with Crippen molar-refractivity contribution in [2.75, 3.05) is 0 Å². The van der Waals surface area contributed by atoms with Gasteiger partial charge in [0.05, 0.1) is 4.47 Å². The van der Waals surface area contributed by atoms with Crippen molar-refractivity contribution in [3.63, 3.8) is 0 Å². The van der Waals surface area contributed by atoms with Crippen molar-refractivity contribution in [1.29, 1.82) is 0 Å². The molecule has 0 bridgehead atoms. The maximum atomic E-state index is 13.7. The quantitative estimate of drug-likeness (QED) is 0.860. The summed E-state index contributed by atoms with van der Waals surface area (Å²) in [6, 6.07) is 8.17. The van der Waals surface area contributed by atoms with Crippen LogP contribution in [-0.2, 0) is 0 Å². The summed E-state index contributed by atoms with van der Waals surface area (Å²) in [7, 11) is 0. The fraction of sp³-hybridized carbons (Fsp3) is 0.0769. The SMILES string of the molecule is OC(c1ccc(Cl)cc1F)c1cccc(F)c1Br. The Morgan fingerprint density at radius 3 is 2.44 bits per heavy atom. The molecule has 18 heavy (non-hydrogen) atoms. The lowest BCUT2D eigenvalue weighted by molar-refractivity contribution is 0.213. The zero-order valence-electron chi connectivity index (χ0n) is 9.00. The van der Waals surface area contributed by atoms with Gasteiger partial charge in [-0.15, -0.1) is 0 Å². The van der Waals surface area contributed by atoms with Crippen molar-refractivity contribution < 1.29 is 13.9 Å². The lowest BCUT2D eigenvalue weighted by Gasteiger charge is -2.14. The zero-order chi connectivity index (χ0) is 13.3. The number of aliphatic hydroxyl groups is 1. The Bertz CT molecular complexity index is 589. The largest absolute Gasteiger partial charge is 0.384 e. The molecule has 2 aromatic carbocycles. The summed E-state index contributed by atoms with van der Waals surface area (Å²) in [4.78, 5) is 0.